The average Bonchev–Trinajstić information content (AvgIpc) is 3.14. The molecule has 0 saturated carbocycles. The molecule has 182 valence electrons. The second-order valence-electron chi connectivity index (χ2n) is 9.41. The van der Waals surface area contributed by atoms with Crippen molar-refractivity contribution < 1.29 is 18.4 Å². The van der Waals surface area contributed by atoms with E-state index in [1.54, 1.807) is 6.20 Å². The van der Waals surface area contributed by atoms with Crippen molar-refractivity contribution in [2.75, 3.05) is 11.9 Å². The molecule has 2 unspecified atom stereocenters. The lowest BCUT2D eigenvalue weighted by molar-refractivity contribution is -0.126. The molecule has 0 spiro atoms. The van der Waals surface area contributed by atoms with E-state index in [0.29, 0.717) is 18.0 Å². The van der Waals surface area contributed by atoms with Crippen LogP contribution in [0.5, 0.6) is 0 Å². The molecule has 0 aliphatic carbocycles. The van der Waals surface area contributed by atoms with Crippen molar-refractivity contribution >= 4 is 28.3 Å². The van der Waals surface area contributed by atoms with Crippen LogP contribution in [-0.2, 0) is 16.0 Å². The third kappa shape index (κ3) is 9.55. The van der Waals surface area contributed by atoms with Crippen molar-refractivity contribution in [1.29, 1.82) is 0 Å². The van der Waals surface area contributed by atoms with Crippen LogP contribution in [0.25, 0.3) is 0 Å². The molecule has 0 saturated heterocycles. The molecule has 0 aliphatic heterocycles. The molecule has 0 fully saturated rings. The molecule has 33 heavy (non-hydrogen) atoms. The maximum absolute atomic E-state index is 13.4. The van der Waals surface area contributed by atoms with Crippen LogP contribution >= 0.6 is 11.3 Å². The van der Waals surface area contributed by atoms with Gasteiger partial charge < -0.3 is 16.0 Å². The van der Waals surface area contributed by atoms with E-state index in [9.17, 15) is 18.4 Å². The first kappa shape index (κ1) is 26.9. The third-order valence-electron chi connectivity index (χ3n) is 5.02. The third-order valence-corrected chi connectivity index (χ3v) is 6.12. The minimum absolute atomic E-state index is 0.105. The van der Waals surface area contributed by atoms with Crippen LogP contribution < -0.4 is 16.0 Å². The standard InChI is InChI=1S/C24H34F2N4O2S/c1-6-7-19(29-21(31)12-16-10-17(25)13-18(26)11-16)22(32)30-23-28-14-20(33-23)15(2)27-9-8-24(3,4)5/h10-11,13-15,19,27H,6-9,12H2,1-5H3,(H,29,31)(H,28,30,32). The monoisotopic (exact) mass is 480 g/mol. The van der Waals surface area contributed by atoms with E-state index in [0.717, 1.165) is 36.0 Å². The molecule has 0 radical (unpaired) electrons. The number of aromatic nitrogens is 1. The number of nitrogens with one attached hydrogen (secondary N) is 3. The molecule has 9 heteroatoms. The number of carbonyl (C=O) groups is 2. The molecule has 0 aliphatic rings. The Labute approximate surface area is 198 Å². The van der Waals surface area contributed by atoms with Gasteiger partial charge in [0.15, 0.2) is 5.13 Å². The molecule has 2 rings (SSSR count). The highest BCUT2D eigenvalue weighted by molar-refractivity contribution is 7.15. The van der Waals surface area contributed by atoms with Crippen molar-refractivity contribution in [2.24, 2.45) is 5.41 Å². The van der Waals surface area contributed by atoms with Crippen LogP contribution in [0.15, 0.2) is 24.4 Å². The number of benzene rings is 1. The zero-order valence-corrected chi connectivity index (χ0v) is 20.7. The van der Waals surface area contributed by atoms with Gasteiger partial charge in [-0.25, -0.2) is 13.8 Å². The molecule has 1 heterocycles. The average molecular weight is 481 g/mol. The predicted molar refractivity (Wildman–Crippen MR) is 128 cm³/mol. The van der Waals surface area contributed by atoms with Gasteiger partial charge in [-0.05, 0) is 49.4 Å². The highest BCUT2D eigenvalue weighted by Crippen LogP contribution is 2.25. The maximum atomic E-state index is 13.4. The molecule has 1 aromatic heterocycles. The van der Waals surface area contributed by atoms with Gasteiger partial charge in [-0.15, -0.1) is 11.3 Å². The summed E-state index contributed by atoms with van der Waals surface area (Å²) in [5, 5.41) is 9.37. The Morgan fingerprint density at radius 1 is 1.15 bits per heavy atom. The molecular formula is C24H34F2N4O2S. The first-order chi connectivity index (χ1) is 15.5. The van der Waals surface area contributed by atoms with Crippen molar-refractivity contribution in [3.8, 4) is 0 Å². The number of amides is 2. The molecular weight excluding hydrogens is 446 g/mol. The summed E-state index contributed by atoms with van der Waals surface area (Å²) < 4.78 is 26.7. The van der Waals surface area contributed by atoms with Crippen LogP contribution in [0, 0.1) is 17.0 Å². The Morgan fingerprint density at radius 3 is 2.42 bits per heavy atom. The summed E-state index contributed by atoms with van der Waals surface area (Å²) in [5.74, 6) is -2.35. The Hall–Kier alpha value is -2.39. The van der Waals surface area contributed by atoms with Gasteiger partial charge in [0.25, 0.3) is 0 Å². The highest BCUT2D eigenvalue weighted by Gasteiger charge is 2.22. The lowest BCUT2D eigenvalue weighted by Crippen LogP contribution is -2.44. The van der Waals surface area contributed by atoms with Gasteiger partial charge in [0.2, 0.25) is 11.8 Å². The van der Waals surface area contributed by atoms with E-state index in [-0.39, 0.29) is 29.3 Å². The normalized spacial score (nSPS) is 13.4. The minimum atomic E-state index is -0.768. The fourth-order valence-corrected chi connectivity index (χ4v) is 4.05. The van der Waals surface area contributed by atoms with E-state index in [1.807, 2.05) is 6.92 Å². The second-order valence-corrected chi connectivity index (χ2v) is 10.5. The van der Waals surface area contributed by atoms with Crippen molar-refractivity contribution in [2.45, 2.75) is 72.4 Å². The van der Waals surface area contributed by atoms with Gasteiger partial charge >= 0.3 is 0 Å². The fraction of sp³-hybridized carbons (Fsp3) is 0.542. The van der Waals surface area contributed by atoms with E-state index in [2.05, 4.69) is 48.6 Å². The predicted octanol–water partition coefficient (Wildman–Crippen LogP) is 4.97. The van der Waals surface area contributed by atoms with Gasteiger partial charge in [0.1, 0.15) is 17.7 Å². The van der Waals surface area contributed by atoms with Crippen LogP contribution in [0.1, 0.15) is 70.4 Å². The molecule has 1 aromatic carbocycles. The Bertz CT molecular complexity index is 923. The lowest BCUT2D eigenvalue weighted by Gasteiger charge is -2.20. The molecule has 2 atom stereocenters. The smallest absolute Gasteiger partial charge is 0.248 e. The lowest BCUT2D eigenvalue weighted by atomic mass is 9.92. The van der Waals surface area contributed by atoms with E-state index in [4.69, 9.17) is 0 Å². The minimum Gasteiger partial charge on any atom is -0.344 e. The molecule has 2 amide bonds. The molecule has 2 aromatic rings. The molecule has 6 nitrogen and oxygen atoms in total. The largest absolute Gasteiger partial charge is 0.344 e. The van der Waals surface area contributed by atoms with Crippen LogP contribution in [0.2, 0.25) is 0 Å². The first-order valence-electron chi connectivity index (χ1n) is 11.2. The highest BCUT2D eigenvalue weighted by atomic mass is 32.1. The summed E-state index contributed by atoms with van der Waals surface area (Å²) in [4.78, 5) is 30.4. The number of thiazole rings is 1. The van der Waals surface area contributed by atoms with Crippen molar-refractivity contribution in [1.82, 2.24) is 15.6 Å². The zero-order valence-electron chi connectivity index (χ0n) is 19.9. The number of carbonyl (C=O) groups excluding carboxylic acids is 2. The van der Waals surface area contributed by atoms with Crippen molar-refractivity contribution in [3.63, 3.8) is 0 Å². The van der Waals surface area contributed by atoms with E-state index in [1.165, 1.54) is 11.3 Å². The summed E-state index contributed by atoms with van der Waals surface area (Å²) in [5.41, 5.74) is 0.458. The van der Waals surface area contributed by atoms with Crippen LogP contribution in [-0.4, -0.2) is 29.4 Å². The van der Waals surface area contributed by atoms with Crippen LogP contribution in [0.4, 0.5) is 13.9 Å². The Kier molecular flexibility index (Phi) is 9.91. The number of halogens is 2. The number of hydrogen-bond donors (Lipinski definition) is 3. The summed E-state index contributed by atoms with van der Waals surface area (Å²) in [6.07, 6.45) is 3.66. The van der Waals surface area contributed by atoms with E-state index < -0.39 is 23.6 Å². The quantitative estimate of drug-likeness (QED) is 0.424. The molecule has 0 bridgehead atoms. The van der Waals surface area contributed by atoms with Crippen LogP contribution in [0.3, 0.4) is 0 Å². The zero-order chi connectivity index (χ0) is 24.6. The Morgan fingerprint density at radius 2 is 1.82 bits per heavy atom. The Balaban J connectivity index is 1.93. The molecule has 3 N–H and O–H groups in total. The summed E-state index contributed by atoms with van der Waals surface area (Å²) in [6, 6.07) is 2.29. The van der Waals surface area contributed by atoms with Gasteiger partial charge in [0, 0.05) is 23.2 Å². The van der Waals surface area contributed by atoms with Gasteiger partial charge in [-0.2, -0.15) is 0 Å². The summed E-state index contributed by atoms with van der Waals surface area (Å²) in [6.45, 7) is 11.4. The van der Waals surface area contributed by atoms with Gasteiger partial charge in [0.05, 0.1) is 6.42 Å². The second kappa shape index (κ2) is 12.2. The number of hydrogen-bond acceptors (Lipinski definition) is 5. The van der Waals surface area contributed by atoms with Gasteiger partial charge in [-0.3, -0.25) is 9.59 Å². The number of rotatable bonds is 11. The van der Waals surface area contributed by atoms with E-state index >= 15 is 0 Å². The first-order valence-corrected chi connectivity index (χ1v) is 12.0. The fourth-order valence-electron chi connectivity index (χ4n) is 3.20. The summed E-state index contributed by atoms with van der Waals surface area (Å²) >= 11 is 1.39. The number of nitrogens with zero attached hydrogens (tertiary/aromatic N) is 1. The topological polar surface area (TPSA) is 83.1 Å². The number of anilines is 1. The maximum Gasteiger partial charge on any atom is 0.248 e. The van der Waals surface area contributed by atoms with Crippen molar-refractivity contribution in [3.05, 3.63) is 46.5 Å². The SMILES string of the molecule is CCCC(NC(=O)Cc1cc(F)cc(F)c1)C(=O)Nc1ncc(C(C)NCCC(C)(C)C)s1. The summed E-state index contributed by atoms with van der Waals surface area (Å²) in [7, 11) is 0. The van der Waals surface area contributed by atoms with Gasteiger partial charge in [-0.1, -0.05) is 34.1 Å².